The van der Waals surface area contributed by atoms with Crippen LogP contribution in [0.2, 0.25) is 0 Å². The summed E-state index contributed by atoms with van der Waals surface area (Å²) in [5.74, 6) is 1.34. The number of rotatable bonds is 6. The summed E-state index contributed by atoms with van der Waals surface area (Å²) in [4.78, 5) is 18.0. The van der Waals surface area contributed by atoms with Gasteiger partial charge in [0.15, 0.2) is 5.96 Å². The van der Waals surface area contributed by atoms with E-state index in [-0.39, 0.29) is 12.5 Å². The standard InChI is InChI=1S/C13H26N4O2/c1-4-14-12(18)8-16-13(15-5-2)17-7-6-11(9-17)10-19-3/h11H,4-10H2,1-3H3,(H,14,18)(H,15,16). The first kappa shape index (κ1) is 15.8. The summed E-state index contributed by atoms with van der Waals surface area (Å²) in [6.07, 6.45) is 1.11. The lowest BCUT2D eigenvalue weighted by molar-refractivity contribution is -0.119. The number of amides is 1. The zero-order chi connectivity index (χ0) is 14.1. The van der Waals surface area contributed by atoms with Crippen molar-refractivity contribution in [1.29, 1.82) is 0 Å². The van der Waals surface area contributed by atoms with Crippen molar-refractivity contribution in [1.82, 2.24) is 15.5 Å². The Labute approximate surface area is 115 Å². The van der Waals surface area contributed by atoms with Crippen LogP contribution in [0.5, 0.6) is 0 Å². The zero-order valence-electron chi connectivity index (χ0n) is 12.2. The van der Waals surface area contributed by atoms with Crippen LogP contribution in [0.25, 0.3) is 0 Å². The smallest absolute Gasteiger partial charge is 0.241 e. The van der Waals surface area contributed by atoms with Crippen LogP contribution in [0, 0.1) is 5.92 Å². The number of hydrogen-bond donors (Lipinski definition) is 2. The van der Waals surface area contributed by atoms with E-state index in [1.54, 1.807) is 7.11 Å². The van der Waals surface area contributed by atoms with Crippen LogP contribution in [0.3, 0.4) is 0 Å². The Morgan fingerprint density at radius 2 is 2.11 bits per heavy atom. The predicted molar refractivity (Wildman–Crippen MR) is 76.2 cm³/mol. The van der Waals surface area contributed by atoms with Gasteiger partial charge in [0.05, 0.1) is 6.61 Å². The van der Waals surface area contributed by atoms with Gasteiger partial charge in [0, 0.05) is 39.2 Å². The number of ether oxygens (including phenoxy) is 1. The molecule has 0 bridgehead atoms. The van der Waals surface area contributed by atoms with Crippen LogP contribution in [-0.2, 0) is 9.53 Å². The van der Waals surface area contributed by atoms with Gasteiger partial charge in [-0.3, -0.25) is 4.79 Å². The average Bonchev–Trinajstić information content (AvgIpc) is 2.84. The average molecular weight is 270 g/mol. The number of likely N-dealkylation sites (N-methyl/N-ethyl adjacent to an activating group) is 1. The number of carbonyl (C=O) groups excluding carboxylic acids is 1. The van der Waals surface area contributed by atoms with Gasteiger partial charge < -0.3 is 20.3 Å². The Hall–Kier alpha value is -1.30. The molecule has 0 radical (unpaired) electrons. The van der Waals surface area contributed by atoms with Gasteiger partial charge in [-0.25, -0.2) is 4.99 Å². The highest BCUT2D eigenvalue weighted by atomic mass is 16.5. The number of carbonyl (C=O) groups is 1. The summed E-state index contributed by atoms with van der Waals surface area (Å²) in [5.41, 5.74) is 0. The summed E-state index contributed by atoms with van der Waals surface area (Å²) in [5, 5.41) is 5.99. The number of guanidine groups is 1. The molecule has 0 aromatic carbocycles. The van der Waals surface area contributed by atoms with Crippen LogP contribution < -0.4 is 10.6 Å². The molecular formula is C13H26N4O2. The Kier molecular flexibility index (Phi) is 7.25. The van der Waals surface area contributed by atoms with E-state index in [2.05, 4.69) is 20.5 Å². The third-order valence-electron chi connectivity index (χ3n) is 3.07. The van der Waals surface area contributed by atoms with Crippen molar-refractivity contribution >= 4 is 11.9 Å². The highest BCUT2D eigenvalue weighted by Gasteiger charge is 2.24. The monoisotopic (exact) mass is 270 g/mol. The molecule has 1 heterocycles. The maximum atomic E-state index is 11.4. The van der Waals surface area contributed by atoms with Crippen LogP contribution >= 0.6 is 0 Å². The summed E-state index contributed by atoms with van der Waals surface area (Å²) in [6.45, 7) is 8.26. The number of aliphatic imine (C=N–C) groups is 1. The molecule has 110 valence electrons. The SMILES string of the molecule is CCNC(=O)CN=C(NCC)N1CCC(COC)C1. The lowest BCUT2D eigenvalue weighted by Gasteiger charge is -2.21. The second-order valence-corrected chi connectivity index (χ2v) is 4.68. The van der Waals surface area contributed by atoms with Gasteiger partial charge in [0.1, 0.15) is 6.54 Å². The van der Waals surface area contributed by atoms with Crippen LogP contribution in [0.15, 0.2) is 4.99 Å². The molecule has 1 aliphatic heterocycles. The molecule has 1 unspecified atom stereocenters. The van der Waals surface area contributed by atoms with Crippen molar-refractivity contribution in [3.05, 3.63) is 0 Å². The molecule has 1 fully saturated rings. The first-order chi connectivity index (χ1) is 9.21. The van der Waals surface area contributed by atoms with Gasteiger partial charge in [-0.1, -0.05) is 0 Å². The van der Waals surface area contributed by atoms with Gasteiger partial charge in [-0.05, 0) is 20.3 Å². The van der Waals surface area contributed by atoms with Gasteiger partial charge in [-0.15, -0.1) is 0 Å². The Bertz CT molecular complexity index is 307. The largest absolute Gasteiger partial charge is 0.384 e. The van der Waals surface area contributed by atoms with E-state index in [4.69, 9.17) is 4.74 Å². The van der Waals surface area contributed by atoms with E-state index < -0.39 is 0 Å². The summed E-state index contributed by atoms with van der Waals surface area (Å²) < 4.78 is 5.19. The zero-order valence-corrected chi connectivity index (χ0v) is 12.2. The molecule has 0 aromatic rings. The highest BCUT2D eigenvalue weighted by molar-refractivity contribution is 5.85. The number of nitrogens with one attached hydrogen (secondary N) is 2. The fourth-order valence-corrected chi connectivity index (χ4v) is 2.22. The summed E-state index contributed by atoms with van der Waals surface area (Å²) in [6, 6.07) is 0. The summed E-state index contributed by atoms with van der Waals surface area (Å²) >= 11 is 0. The molecule has 1 aliphatic rings. The molecule has 6 heteroatoms. The van der Waals surface area contributed by atoms with Crippen LogP contribution in [0.1, 0.15) is 20.3 Å². The molecule has 19 heavy (non-hydrogen) atoms. The van der Waals surface area contributed by atoms with Gasteiger partial charge >= 0.3 is 0 Å². The van der Waals surface area contributed by atoms with E-state index in [9.17, 15) is 4.79 Å². The lowest BCUT2D eigenvalue weighted by atomic mass is 10.1. The molecule has 0 saturated carbocycles. The molecule has 0 spiro atoms. The van der Waals surface area contributed by atoms with E-state index in [0.717, 1.165) is 38.6 Å². The van der Waals surface area contributed by atoms with Crippen molar-refractivity contribution in [3.8, 4) is 0 Å². The molecule has 6 nitrogen and oxygen atoms in total. The minimum Gasteiger partial charge on any atom is -0.384 e. The first-order valence-corrected chi connectivity index (χ1v) is 7.00. The fourth-order valence-electron chi connectivity index (χ4n) is 2.22. The van der Waals surface area contributed by atoms with E-state index in [1.807, 2.05) is 13.8 Å². The molecule has 1 amide bonds. The second-order valence-electron chi connectivity index (χ2n) is 4.68. The Balaban J connectivity index is 2.52. The molecule has 0 aromatic heterocycles. The minimum absolute atomic E-state index is 0.0365. The minimum atomic E-state index is -0.0365. The Morgan fingerprint density at radius 1 is 1.37 bits per heavy atom. The quantitative estimate of drug-likeness (QED) is 0.529. The summed E-state index contributed by atoms with van der Waals surface area (Å²) in [7, 11) is 1.73. The normalized spacial score (nSPS) is 19.6. The van der Waals surface area contributed by atoms with Crippen LogP contribution in [-0.4, -0.2) is 63.2 Å². The van der Waals surface area contributed by atoms with Crippen molar-refractivity contribution in [2.45, 2.75) is 20.3 Å². The van der Waals surface area contributed by atoms with Gasteiger partial charge in [0.25, 0.3) is 0 Å². The molecule has 1 saturated heterocycles. The van der Waals surface area contributed by atoms with Gasteiger partial charge in [-0.2, -0.15) is 0 Å². The molecule has 1 atom stereocenters. The van der Waals surface area contributed by atoms with Crippen molar-refractivity contribution < 1.29 is 9.53 Å². The fraction of sp³-hybridized carbons (Fsp3) is 0.846. The number of methoxy groups -OCH3 is 1. The van der Waals surface area contributed by atoms with Crippen molar-refractivity contribution in [2.24, 2.45) is 10.9 Å². The van der Waals surface area contributed by atoms with Crippen molar-refractivity contribution in [3.63, 3.8) is 0 Å². The maximum absolute atomic E-state index is 11.4. The first-order valence-electron chi connectivity index (χ1n) is 7.00. The van der Waals surface area contributed by atoms with E-state index >= 15 is 0 Å². The van der Waals surface area contributed by atoms with Crippen LogP contribution in [0.4, 0.5) is 0 Å². The highest BCUT2D eigenvalue weighted by Crippen LogP contribution is 2.16. The third-order valence-corrected chi connectivity index (χ3v) is 3.07. The lowest BCUT2D eigenvalue weighted by Crippen LogP contribution is -2.41. The third kappa shape index (κ3) is 5.46. The number of likely N-dealkylation sites (tertiary alicyclic amines) is 1. The van der Waals surface area contributed by atoms with Gasteiger partial charge in [0.2, 0.25) is 5.91 Å². The number of nitrogens with zero attached hydrogens (tertiary/aromatic N) is 2. The molecular weight excluding hydrogens is 244 g/mol. The number of hydrogen-bond acceptors (Lipinski definition) is 3. The predicted octanol–water partition coefficient (Wildman–Crippen LogP) is 0.0563. The Morgan fingerprint density at radius 3 is 2.74 bits per heavy atom. The van der Waals surface area contributed by atoms with E-state index in [1.165, 1.54) is 0 Å². The topological polar surface area (TPSA) is 66.0 Å². The molecule has 0 aliphatic carbocycles. The maximum Gasteiger partial charge on any atom is 0.241 e. The van der Waals surface area contributed by atoms with Crippen molar-refractivity contribution in [2.75, 3.05) is 46.4 Å². The second kappa shape index (κ2) is 8.74. The molecule has 2 N–H and O–H groups in total. The van der Waals surface area contributed by atoms with E-state index in [0.29, 0.717) is 12.5 Å². The molecule has 1 rings (SSSR count).